The fourth-order valence-electron chi connectivity index (χ4n) is 3.29. The largest absolute Gasteiger partial charge is 0.391 e. The van der Waals surface area contributed by atoms with Gasteiger partial charge in [-0.1, -0.05) is 24.0 Å². The molecule has 0 saturated heterocycles. The van der Waals surface area contributed by atoms with Crippen molar-refractivity contribution < 1.29 is 19.9 Å². The molecule has 2 amide bonds. The van der Waals surface area contributed by atoms with E-state index in [9.17, 15) is 14.7 Å². The van der Waals surface area contributed by atoms with Crippen LogP contribution in [-0.2, 0) is 17.9 Å². The summed E-state index contributed by atoms with van der Waals surface area (Å²) in [7, 11) is 0. The van der Waals surface area contributed by atoms with Gasteiger partial charge in [0.1, 0.15) is 6.04 Å². The molecule has 2 atom stereocenters. The monoisotopic (exact) mass is 475 g/mol. The normalized spacial score (nSPS) is 12.2. The number of nitrogens with one attached hydrogen (secondary N) is 3. The lowest BCUT2D eigenvalue weighted by Crippen LogP contribution is -2.51. The number of aryl methyl sites for hydroxylation is 1. The van der Waals surface area contributed by atoms with Gasteiger partial charge in [-0.3, -0.25) is 14.8 Å². The molecule has 0 aliphatic rings. The molecule has 3 aromatic rings. The van der Waals surface area contributed by atoms with E-state index in [0.717, 1.165) is 37.2 Å². The topological polar surface area (TPSA) is 129 Å². The molecule has 0 aliphatic heterocycles. The van der Waals surface area contributed by atoms with Crippen LogP contribution in [0.2, 0.25) is 0 Å². The first kappa shape index (κ1) is 25.6. The smallest absolute Gasteiger partial charge is 0.268 e. The van der Waals surface area contributed by atoms with Crippen molar-refractivity contribution >= 4 is 11.8 Å². The number of nitrogens with zero attached hydrogens (tertiary/aromatic N) is 2. The van der Waals surface area contributed by atoms with E-state index in [2.05, 4.69) is 32.0 Å². The van der Waals surface area contributed by atoms with E-state index in [1.807, 2.05) is 36.8 Å². The zero-order chi connectivity index (χ0) is 25.0. The molecular formula is C26H29N5O4. The van der Waals surface area contributed by atoms with Gasteiger partial charge in [-0.05, 0) is 61.9 Å². The molecule has 0 saturated carbocycles. The third kappa shape index (κ3) is 8.08. The molecule has 0 spiro atoms. The van der Waals surface area contributed by atoms with Crippen molar-refractivity contribution in [2.24, 2.45) is 0 Å². The van der Waals surface area contributed by atoms with Crippen LogP contribution >= 0.6 is 0 Å². The number of aliphatic hydroxyl groups excluding tert-OH is 1. The van der Waals surface area contributed by atoms with Gasteiger partial charge in [-0.15, -0.1) is 0 Å². The van der Waals surface area contributed by atoms with Gasteiger partial charge in [0.2, 0.25) is 0 Å². The van der Waals surface area contributed by atoms with Crippen LogP contribution in [0.25, 0.3) is 0 Å². The van der Waals surface area contributed by atoms with Crippen molar-refractivity contribution in [3.63, 3.8) is 0 Å². The number of hydrogen-bond acceptors (Lipinski definition) is 6. The van der Waals surface area contributed by atoms with E-state index in [1.165, 1.54) is 18.0 Å². The highest BCUT2D eigenvalue weighted by Gasteiger charge is 2.25. The maximum absolute atomic E-state index is 12.3. The standard InChI is InChI=1S/C26H29N5O4/c1-19(32)24(26(34)30-35)29-25(33)23-11-9-21(10-12-23)4-3-20-5-7-22(8-6-20)17-27-13-2-15-31-16-14-28-18-31/h5-12,14,16,18-19,24,27,32,35H,2,13,15,17H2,1H3,(H,29,33)(H,30,34)/t19-,24+/m1/s1. The number of carbonyl (C=O) groups excluding carboxylic acids is 2. The van der Waals surface area contributed by atoms with Crippen molar-refractivity contribution in [2.45, 2.75) is 38.6 Å². The average molecular weight is 476 g/mol. The lowest BCUT2D eigenvalue weighted by atomic mass is 10.1. The Morgan fingerprint density at radius 3 is 2.29 bits per heavy atom. The van der Waals surface area contributed by atoms with Gasteiger partial charge in [-0.25, -0.2) is 10.5 Å². The number of carbonyl (C=O) groups is 2. The summed E-state index contributed by atoms with van der Waals surface area (Å²) in [6, 6.07) is 13.3. The van der Waals surface area contributed by atoms with E-state index in [0.29, 0.717) is 5.56 Å². The van der Waals surface area contributed by atoms with Crippen LogP contribution in [0.5, 0.6) is 0 Å². The zero-order valence-corrected chi connectivity index (χ0v) is 19.4. The van der Waals surface area contributed by atoms with E-state index in [4.69, 9.17) is 5.21 Å². The summed E-state index contributed by atoms with van der Waals surface area (Å²) in [6.07, 6.45) is 5.41. The first-order valence-electron chi connectivity index (χ1n) is 11.3. The van der Waals surface area contributed by atoms with Crippen LogP contribution < -0.4 is 16.1 Å². The van der Waals surface area contributed by atoms with Crippen molar-refractivity contribution in [3.05, 3.63) is 89.5 Å². The van der Waals surface area contributed by atoms with Crippen LogP contribution in [0, 0.1) is 11.8 Å². The summed E-state index contributed by atoms with van der Waals surface area (Å²) in [6.45, 7) is 3.99. The highest BCUT2D eigenvalue weighted by molar-refractivity contribution is 5.97. The van der Waals surface area contributed by atoms with Gasteiger partial charge in [0, 0.05) is 42.2 Å². The van der Waals surface area contributed by atoms with E-state index in [-0.39, 0.29) is 0 Å². The average Bonchev–Trinajstić information content (AvgIpc) is 3.39. The molecule has 5 N–H and O–H groups in total. The Kier molecular flexibility index (Phi) is 9.57. The van der Waals surface area contributed by atoms with Crippen LogP contribution in [-0.4, -0.2) is 50.4 Å². The predicted octanol–water partition coefficient (Wildman–Crippen LogP) is 1.45. The SMILES string of the molecule is C[C@@H](O)[C@H](NC(=O)c1ccc(C#Cc2ccc(CNCCCn3ccnc3)cc2)cc1)C(=O)NO. The maximum atomic E-state index is 12.3. The molecule has 9 heteroatoms. The summed E-state index contributed by atoms with van der Waals surface area (Å²) in [4.78, 5) is 27.9. The fraction of sp³-hybridized carbons (Fsp3) is 0.269. The molecular weight excluding hydrogens is 446 g/mol. The predicted molar refractivity (Wildman–Crippen MR) is 130 cm³/mol. The lowest BCUT2D eigenvalue weighted by Gasteiger charge is -2.19. The Labute approximate surface area is 204 Å². The maximum Gasteiger partial charge on any atom is 0.268 e. The van der Waals surface area contributed by atoms with Gasteiger partial charge < -0.3 is 20.3 Å². The highest BCUT2D eigenvalue weighted by Crippen LogP contribution is 2.07. The molecule has 0 bridgehead atoms. The Morgan fingerprint density at radius 2 is 1.71 bits per heavy atom. The number of aromatic nitrogens is 2. The van der Waals surface area contributed by atoms with E-state index in [1.54, 1.807) is 30.5 Å². The summed E-state index contributed by atoms with van der Waals surface area (Å²) < 4.78 is 2.06. The van der Waals surface area contributed by atoms with Crippen molar-refractivity contribution in [2.75, 3.05) is 6.54 Å². The van der Waals surface area contributed by atoms with Crippen molar-refractivity contribution in [3.8, 4) is 11.8 Å². The first-order chi connectivity index (χ1) is 17.0. The van der Waals surface area contributed by atoms with Gasteiger partial charge in [0.05, 0.1) is 12.4 Å². The Balaban J connectivity index is 1.48. The second kappa shape index (κ2) is 13.1. The number of aliphatic hydroxyl groups is 1. The lowest BCUT2D eigenvalue weighted by molar-refractivity contribution is -0.133. The number of benzene rings is 2. The van der Waals surface area contributed by atoms with Gasteiger partial charge in [0.25, 0.3) is 11.8 Å². The minimum Gasteiger partial charge on any atom is -0.391 e. The number of hydroxylamine groups is 1. The van der Waals surface area contributed by atoms with Crippen LogP contribution in [0.3, 0.4) is 0 Å². The molecule has 0 unspecified atom stereocenters. The molecule has 0 fully saturated rings. The summed E-state index contributed by atoms with van der Waals surface area (Å²) in [5, 5.41) is 24.2. The van der Waals surface area contributed by atoms with Gasteiger partial charge in [-0.2, -0.15) is 0 Å². The van der Waals surface area contributed by atoms with Gasteiger partial charge in [0.15, 0.2) is 0 Å². The molecule has 1 aromatic heterocycles. The number of amides is 2. The van der Waals surface area contributed by atoms with Crippen molar-refractivity contribution in [1.82, 2.24) is 25.7 Å². The second-order valence-corrected chi connectivity index (χ2v) is 8.02. The van der Waals surface area contributed by atoms with Crippen LogP contribution in [0.15, 0.2) is 67.3 Å². The van der Waals surface area contributed by atoms with Gasteiger partial charge >= 0.3 is 0 Å². The fourth-order valence-corrected chi connectivity index (χ4v) is 3.29. The second-order valence-electron chi connectivity index (χ2n) is 8.02. The zero-order valence-electron chi connectivity index (χ0n) is 19.4. The third-order valence-corrected chi connectivity index (χ3v) is 5.27. The molecule has 35 heavy (non-hydrogen) atoms. The first-order valence-corrected chi connectivity index (χ1v) is 11.3. The van der Waals surface area contributed by atoms with Crippen LogP contribution in [0.1, 0.15) is 40.4 Å². The quantitative estimate of drug-likeness (QED) is 0.131. The Hall–Kier alpha value is -3.97. The number of rotatable bonds is 10. The number of hydrogen-bond donors (Lipinski definition) is 5. The minimum atomic E-state index is -1.27. The highest BCUT2D eigenvalue weighted by atomic mass is 16.5. The molecule has 0 aliphatic carbocycles. The molecule has 3 rings (SSSR count). The molecule has 9 nitrogen and oxygen atoms in total. The Morgan fingerprint density at radius 1 is 1.06 bits per heavy atom. The molecule has 0 radical (unpaired) electrons. The van der Waals surface area contributed by atoms with E-state index >= 15 is 0 Å². The molecule has 182 valence electrons. The Bertz CT molecular complexity index is 1150. The molecule has 1 heterocycles. The van der Waals surface area contributed by atoms with E-state index < -0.39 is 24.0 Å². The third-order valence-electron chi connectivity index (χ3n) is 5.27. The summed E-state index contributed by atoms with van der Waals surface area (Å²) in [5.74, 6) is 4.72. The minimum absolute atomic E-state index is 0.300. The summed E-state index contributed by atoms with van der Waals surface area (Å²) in [5.41, 5.74) is 4.52. The molecule has 2 aromatic carbocycles. The number of imidazole rings is 1. The summed E-state index contributed by atoms with van der Waals surface area (Å²) >= 11 is 0. The van der Waals surface area contributed by atoms with Crippen molar-refractivity contribution in [1.29, 1.82) is 0 Å². The van der Waals surface area contributed by atoms with Crippen LogP contribution in [0.4, 0.5) is 0 Å².